The molecule has 0 N–H and O–H groups in total. The Kier molecular flexibility index (Phi) is 9.64. The number of fused-ring (bicyclic) bond motifs is 3. The highest BCUT2D eigenvalue weighted by atomic mass is 19.4. The zero-order chi connectivity index (χ0) is 42.5. The van der Waals surface area contributed by atoms with Crippen LogP contribution in [0, 0.1) is 20.8 Å². The number of aromatic nitrogens is 3. The van der Waals surface area contributed by atoms with Crippen molar-refractivity contribution >= 4 is 21.8 Å². The summed E-state index contributed by atoms with van der Waals surface area (Å²) in [6, 6.07) is 61.2. The lowest BCUT2D eigenvalue weighted by Crippen LogP contribution is -2.06. The van der Waals surface area contributed by atoms with Crippen LogP contribution in [0.15, 0.2) is 188 Å². The minimum atomic E-state index is -4.55. The van der Waals surface area contributed by atoms with Gasteiger partial charge in [0.15, 0.2) is 5.82 Å². The van der Waals surface area contributed by atoms with Gasteiger partial charge in [-0.1, -0.05) is 151 Å². The number of nitrogens with zero attached hydrogens (tertiary/aromatic N) is 3. The minimum absolute atomic E-state index is 0.434. The molecule has 0 spiro atoms. The normalized spacial score (nSPS) is 11.7. The van der Waals surface area contributed by atoms with Crippen LogP contribution in [0.4, 0.5) is 13.2 Å². The summed E-state index contributed by atoms with van der Waals surface area (Å²) >= 11 is 0. The highest BCUT2D eigenvalue weighted by molar-refractivity contribution is 6.12. The first kappa shape index (κ1) is 38.6. The van der Waals surface area contributed by atoms with E-state index in [-0.39, 0.29) is 0 Å². The number of hydrogen-bond donors (Lipinski definition) is 0. The van der Waals surface area contributed by atoms with E-state index in [0.717, 1.165) is 83.8 Å². The zero-order valence-corrected chi connectivity index (χ0v) is 34.4. The van der Waals surface area contributed by atoms with Gasteiger partial charge in [-0.2, -0.15) is 13.2 Å². The van der Waals surface area contributed by atoms with Crippen molar-refractivity contribution in [3.8, 4) is 73.0 Å². The molecule has 0 saturated heterocycles. The molecule has 8 aromatic carbocycles. The van der Waals surface area contributed by atoms with Gasteiger partial charge in [-0.05, 0) is 97.1 Å². The van der Waals surface area contributed by atoms with Crippen molar-refractivity contribution in [3.63, 3.8) is 0 Å². The number of alkyl halides is 3. The van der Waals surface area contributed by atoms with Gasteiger partial charge in [0.25, 0.3) is 0 Å². The molecule has 300 valence electrons. The van der Waals surface area contributed by atoms with Crippen molar-refractivity contribution in [2.75, 3.05) is 0 Å². The van der Waals surface area contributed by atoms with Crippen molar-refractivity contribution in [1.29, 1.82) is 0 Å². The molecule has 2 aromatic heterocycles. The van der Waals surface area contributed by atoms with Gasteiger partial charge in [-0.15, -0.1) is 0 Å². The lowest BCUT2D eigenvalue weighted by atomic mass is 9.90. The van der Waals surface area contributed by atoms with Crippen molar-refractivity contribution in [2.45, 2.75) is 26.9 Å². The predicted octanol–water partition coefficient (Wildman–Crippen LogP) is 15.5. The van der Waals surface area contributed by atoms with Gasteiger partial charge in [-0.25, -0.2) is 9.97 Å². The van der Waals surface area contributed by atoms with Crippen molar-refractivity contribution in [3.05, 3.63) is 210 Å². The molecule has 10 rings (SSSR count). The lowest BCUT2D eigenvalue weighted by molar-refractivity contribution is -0.137. The third-order valence-corrected chi connectivity index (χ3v) is 11.7. The molecule has 0 saturated carbocycles. The van der Waals surface area contributed by atoms with Gasteiger partial charge >= 0.3 is 6.18 Å². The second kappa shape index (κ2) is 15.5. The second-order valence-electron chi connectivity index (χ2n) is 16.0. The topological polar surface area (TPSA) is 30.7 Å². The second-order valence-corrected chi connectivity index (χ2v) is 16.0. The molecular formula is C56H40F3N3. The smallest absolute Gasteiger partial charge is 0.308 e. The van der Waals surface area contributed by atoms with Crippen LogP contribution in [-0.4, -0.2) is 14.5 Å². The van der Waals surface area contributed by atoms with E-state index in [2.05, 4.69) is 98.1 Å². The Morgan fingerprint density at radius 1 is 0.403 bits per heavy atom. The quantitative estimate of drug-likeness (QED) is 0.160. The standard InChI is InChI=1S/C56H40F3N3/c1-35-14-12-19-40(29-35)47-32-43(51-34-50(38-15-6-4-7-16-38)60-55(61-51)39-17-8-5-9-18-39)33-48(41-20-13-21-44(30-41)56(57,58)59)54(47)62-52-23-11-10-22-46(52)49-31-42(25-27-53(49)62)45-26-24-36(2)28-37(45)3/h4-34H,1-3H3. The first-order valence-electron chi connectivity index (χ1n) is 20.6. The third-order valence-electron chi connectivity index (χ3n) is 11.7. The van der Waals surface area contributed by atoms with E-state index in [9.17, 15) is 13.2 Å². The van der Waals surface area contributed by atoms with E-state index in [0.29, 0.717) is 22.6 Å². The Morgan fingerprint density at radius 3 is 1.68 bits per heavy atom. The first-order chi connectivity index (χ1) is 30.1. The summed E-state index contributed by atoms with van der Waals surface area (Å²) in [5.41, 5.74) is 14.4. The number of rotatable bonds is 7. The molecule has 2 heterocycles. The Balaban J connectivity index is 1.33. The largest absolute Gasteiger partial charge is 0.416 e. The van der Waals surface area contributed by atoms with E-state index in [1.165, 1.54) is 23.3 Å². The highest BCUT2D eigenvalue weighted by Gasteiger charge is 2.31. The van der Waals surface area contributed by atoms with Crippen LogP contribution >= 0.6 is 0 Å². The highest BCUT2D eigenvalue weighted by Crippen LogP contribution is 2.46. The SMILES string of the molecule is Cc1cccc(-c2cc(-c3cc(-c4ccccc4)nc(-c4ccccc4)n3)cc(-c3cccc(C(F)(F)F)c3)c2-n2c3ccccc3c3cc(-c4ccc(C)cc4C)ccc32)c1. The fraction of sp³-hybridized carbons (Fsp3) is 0.0714. The fourth-order valence-corrected chi connectivity index (χ4v) is 8.73. The van der Waals surface area contributed by atoms with E-state index in [1.807, 2.05) is 91.0 Å². The predicted molar refractivity (Wildman–Crippen MR) is 248 cm³/mol. The first-order valence-corrected chi connectivity index (χ1v) is 20.6. The molecular weight excluding hydrogens is 772 g/mol. The van der Waals surface area contributed by atoms with Gasteiger partial charge in [0.1, 0.15) is 0 Å². The summed E-state index contributed by atoms with van der Waals surface area (Å²) in [6.07, 6.45) is -4.55. The third kappa shape index (κ3) is 7.13. The van der Waals surface area contributed by atoms with Crippen LogP contribution < -0.4 is 0 Å². The van der Waals surface area contributed by atoms with Crippen molar-refractivity contribution < 1.29 is 13.2 Å². The molecule has 6 heteroatoms. The van der Waals surface area contributed by atoms with Crippen LogP contribution in [0.25, 0.3) is 94.8 Å². The van der Waals surface area contributed by atoms with Crippen LogP contribution in [0.3, 0.4) is 0 Å². The Hall–Kier alpha value is -7.57. The molecule has 10 aromatic rings. The number of para-hydroxylation sites is 1. The summed E-state index contributed by atoms with van der Waals surface area (Å²) in [6.45, 7) is 6.29. The van der Waals surface area contributed by atoms with Crippen LogP contribution in [0.1, 0.15) is 22.3 Å². The van der Waals surface area contributed by atoms with Crippen molar-refractivity contribution in [2.24, 2.45) is 0 Å². The summed E-state index contributed by atoms with van der Waals surface area (Å²) in [4.78, 5) is 10.2. The number of benzene rings is 8. The van der Waals surface area contributed by atoms with Gasteiger partial charge in [0, 0.05) is 38.6 Å². The maximum absolute atomic E-state index is 14.6. The molecule has 0 atom stereocenters. The fourth-order valence-electron chi connectivity index (χ4n) is 8.73. The van der Waals surface area contributed by atoms with Crippen LogP contribution in [0.2, 0.25) is 0 Å². The zero-order valence-electron chi connectivity index (χ0n) is 34.4. The number of halogens is 3. The summed E-state index contributed by atoms with van der Waals surface area (Å²) in [5, 5.41) is 2.09. The van der Waals surface area contributed by atoms with Gasteiger partial charge in [-0.3, -0.25) is 0 Å². The number of hydrogen-bond acceptors (Lipinski definition) is 2. The molecule has 0 bridgehead atoms. The molecule has 0 aliphatic rings. The van der Waals surface area contributed by atoms with Crippen molar-refractivity contribution in [1.82, 2.24) is 14.5 Å². The van der Waals surface area contributed by atoms with E-state index in [4.69, 9.17) is 9.97 Å². The Labute approximate surface area is 358 Å². The summed E-state index contributed by atoms with van der Waals surface area (Å²) in [5.74, 6) is 0.547. The molecule has 62 heavy (non-hydrogen) atoms. The van der Waals surface area contributed by atoms with Gasteiger partial charge in [0.2, 0.25) is 0 Å². The maximum Gasteiger partial charge on any atom is 0.416 e. The molecule has 0 aliphatic heterocycles. The minimum Gasteiger partial charge on any atom is -0.308 e. The van der Waals surface area contributed by atoms with E-state index < -0.39 is 11.7 Å². The monoisotopic (exact) mass is 811 g/mol. The maximum atomic E-state index is 14.6. The average Bonchev–Trinajstić information content (AvgIpc) is 3.62. The van der Waals surface area contributed by atoms with Gasteiger partial charge in [0.05, 0.1) is 33.7 Å². The van der Waals surface area contributed by atoms with Gasteiger partial charge < -0.3 is 4.57 Å². The lowest BCUT2D eigenvalue weighted by Gasteiger charge is -2.22. The van der Waals surface area contributed by atoms with Crippen LogP contribution in [-0.2, 0) is 6.18 Å². The molecule has 0 aliphatic carbocycles. The van der Waals surface area contributed by atoms with E-state index >= 15 is 0 Å². The molecule has 0 amide bonds. The molecule has 0 unspecified atom stereocenters. The Bertz CT molecular complexity index is 3250. The average molecular weight is 812 g/mol. The number of aryl methyl sites for hydroxylation is 3. The van der Waals surface area contributed by atoms with E-state index in [1.54, 1.807) is 6.07 Å². The Morgan fingerprint density at radius 2 is 0.984 bits per heavy atom. The molecule has 3 nitrogen and oxygen atoms in total. The summed E-state index contributed by atoms with van der Waals surface area (Å²) in [7, 11) is 0. The van der Waals surface area contributed by atoms with Crippen LogP contribution in [0.5, 0.6) is 0 Å². The molecule has 0 fully saturated rings. The molecule has 0 radical (unpaired) electrons. The summed E-state index contributed by atoms with van der Waals surface area (Å²) < 4.78 is 46.1.